The lowest BCUT2D eigenvalue weighted by molar-refractivity contribution is 0.0977. The molecular formula is C27H36FN3O2. The third-order valence-electron chi connectivity index (χ3n) is 7.68. The van der Waals surface area contributed by atoms with E-state index < -0.39 is 0 Å². The van der Waals surface area contributed by atoms with E-state index in [1.54, 1.807) is 7.11 Å². The molecule has 0 spiro atoms. The van der Waals surface area contributed by atoms with Crippen molar-refractivity contribution in [3.63, 3.8) is 0 Å². The van der Waals surface area contributed by atoms with Crippen LogP contribution >= 0.6 is 0 Å². The van der Waals surface area contributed by atoms with Crippen LogP contribution in [0.5, 0.6) is 5.75 Å². The molecule has 3 atom stereocenters. The zero-order chi connectivity index (χ0) is 23.7. The van der Waals surface area contributed by atoms with E-state index in [1.165, 1.54) is 22.2 Å². The van der Waals surface area contributed by atoms with Gasteiger partial charge in [-0.05, 0) is 83.7 Å². The van der Waals surface area contributed by atoms with Crippen molar-refractivity contribution >= 4 is 10.9 Å². The third-order valence-corrected chi connectivity index (χ3v) is 7.68. The van der Waals surface area contributed by atoms with Crippen LogP contribution in [0.3, 0.4) is 0 Å². The maximum Gasteiger partial charge on any atom is 0.255 e. The predicted molar refractivity (Wildman–Crippen MR) is 132 cm³/mol. The van der Waals surface area contributed by atoms with Crippen LogP contribution in [0.25, 0.3) is 10.9 Å². The molecule has 5 nitrogen and oxygen atoms in total. The summed E-state index contributed by atoms with van der Waals surface area (Å²) < 4.78 is 21.6. The Labute approximate surface area is 195 Å². The van der Waals surface area contributed by atoms with Crippen LogP contribution in [0.4, 0.5) is 4.39 Å². The first-order chi connectivity index (χ1) is 15.8. The van der Waals surface area contributed by atoms with Crippen molar-refractivity contribution in [2.24, 2.45) is 5.92 Å². The number of aryl methyl sites for hydroxylation is 2. The number of nitrogens with zero attached hydrogens (tertiary/aromatic N) is 2. The third kappa shape index (κ3) is 4.45. The SMILES string of the molecule is COc1cc(C)[nH]c(=O)c1CCc1c(C)n(C(C)C2CCN(C)C(CF)C2)c2ccccc12. The van der Waals surface area contributed by atoms with E-state index >= 15 is 0 Å². The Kier molecular flexibility index (Phi) is 6.94. The molecule has 1 N–H and O–H groups in total. The summed E-state index contributed by atoms with van der Waals surface area (Å²) in [5.74, 6) is 1.08. The Bertz CT molecular complexity index is 1180. The van der Waals surface area contributed by atoms with E-state index in [0.717, 1.165) is 31.5 Å². The molecule has 3 heterocycles. The Morgan fingerprint density at radius 1 is 1.21 bits per heavy atom. The van der Waals surface area contributed by atoms with E-state index in [0.29, 0.717) is 23.7 Å². The first-order valence-corrected chi connectivity index (χ1v) is 12.0. The molecule has 1 fully saturated rings. The second-order valence-corrected chi connectivity index (χ2v) is 9.59. The van der Waals surface area contributed by atoms with Crippen LogP contribution in [0.2, 0.25) is 0 Å². The summed E-state index contributed by atoms with van der Waals surface area (Å²) in [4.78, 5) is 17.7. The van der Waals surface area contributed by atoms with Gasteiger partial charge in [0, 0.05) is 34.4 Å². The van der Waals surface area contributed by atoms with E-state index in [2.05, 4.69) is 52.6 Å². The van der Waals surface area contributed by atoms with Crippen LogP contribution in [-0.4, -0.2) is 47.9 Å². The average molecular weight is 454 g/mol. The van der Waals surface area contributed by atoms with Gasteiger partial charge in [0.05, 0.1) is 12.7 Å². The van der Waals surface area contributed by atoms with Crippen molar-refractivity contribution in [1.82, 2.24) is 14.5 Å². The molecule has 3 aromatic rings. The largest absolute Gasteiger partial charge is 0.496 e. The highest BCUT2D eigenvalue weighted by atomic mass is 19.1. The number of alkyl halides is 1. The summed E-state index contributed by atoms with van der Waals surface area (Å²) >= 11 is 0. The van der Waals surface area contributed by atoms with Gasteiger partial charge >= 0.3 is 0 Å². The number of aromatic nitrogens is 2. The fraction of sp³-hybridized carbons (Fsp3) is 0.519. The highest BCUT2D eigenvalue weighted by Gasteiger charge is 2.31. The first-order valence-electron chi connectivity index (χ1n) is 12.0. The zero-order valence-corrected chi connectivity index (χ0v) is 20.5. The van der Waals surface area contributed by atoms with Crippen LogP contribution in [0.1, 0.15) is 48.3 Å². The monoisotopic (exact) mass is 453 g/mol. The maximum absolute atomic E-state index is 13.6. The lowest BCUT2D eigenvalue weighted by atomic mass is 9.86. The number of methoxy groups -OCH3 is 1. The number of fused-ring (bicyclic) bond motifs is 1. The number of para-hydroxylation sites is 1. The van der Waals surface area contributed by atoms with Gasteiger partial charge in [0.15, 0.2) is 0 Å². The molecule has 2 aromatic heterocycles. The predicted octanol–water partition coefficient (Wildman–Crippen LogP) is 4.98. The summed E-state index contributed by atoms with van der Waals surface area (Å²) in [6.07, 6.45) is 3.33. The second-order valence-electron chi connectivity index (χ2n) is 9.59. The molecule has 1 aromatic carbocycles. The molecule has 0 aliphatic carbocycles. The summed E-state index contributed by atoms with van der Waals surface area (Å²) in [5, 5.41) is 1.24. The Morgan fingerprint density at radius 2 is 1.94 bits per heavy atom. The molecular weight excluding hydrogens is 417 g/mol. The molecule has 0 saturated carbocycles. The van der Waals surface area contributed by atoms with E-state index in [-0.39, 0.29) is 24.3 Å². The van der Waals surface area contributed by atoms with Crippen LogP contribution in [0.15, 0.2) is 35.1 Å². The van der Waals surface area contributed by atoms with Gasteiger partial charge in [-0.25, -0.2) is 4.39 Å². The highest BCUT2D eigenvalue weighted by Crippen LogP contribution is 2.37. The number of likely N-dealkylation sites (tertiary alicyclic amines) is 1. The molecule has 178 valence electrons. The van der Waals surface area contributed by atoms with E-state index in [9.17, 15) is 9.18 Å². The lowest BCUT2D eigenvalue weighted by Crippen LogP contribution is -2.42. The molecule has 1 aliphatic rings. The topological polar surface area (TPSA) is 50.3 Å². The van der Waals surface area contributed by atoms with Crippen molar-refractivity contribution in [2.75, 3.05) is 27.4 Å². The number of pyridine rings is 1. The number of ether oxygens (including phenoxy) is 1. The van der Waals surface area contributed by atoms with Gasteiger partial charge in [0.25, 0.3) is 5.56 Å². The van der Waals surface area contributed by atoms with Crippen LogP contribution < -0.4 is 10.3 Å². The number of aromatic amines is 1. The van der Waals surface area contributed by atoms with Crippen LogP contribution in [-0.2, 0) is 12.8 Å². The van der Waals surface area contributed by atoms with Gasteiger partial charge < -0.3 is 19.2 Å². The number of nitrogens with one attached hydrogen (secondary N) is 1. The summed E-state index contributed by atoms with van der Waals surface area (Å²) in [5.41, 5.74) is 5.14. The zero-order valence-electron chi connectivity index (χ0n) is 20.5. The van der Waals surface area contributed by atoms with Gasteiger partial charge in [-0.1, -0.05) is 18.2 Å². The number of halogens is 1. The second kappa shape index (κ2) is 9.72. The van der Waals surface area contributed by atoms with Gasteiger partial charge in [0.1, 0.15) is 12.4 Å². The van der Waals surface area contributed by atoms with Crippen LogP contribution in [0, 0.1) is 19.8 Å². The molecule has 4 rings (SSSR count). The summed E-state index contributed by atoms with van der Waals surface area (Å²) in [7, 11) is 3.64. The van der Waals surface area contributed by atoms with Crippen molar-refractivity contribution in [2.45, 2.75) is 58.5 Å². The van der Waals surface area contributed by atoms with Gasteiger partial charge in [-0.15, -0.1) is 0 Å². The highest BCUT2D eigenvalue weighted by molar-refractivity contribution is 5.85. The molecule has 3 unspecified atom stereocenters. The van der Waals surface area contributed by atoms with Crippen molar-refractivity contribution in [1.29, 1.82) is 0 Å². The Balaban J connectivity index is 1.68. The fourth-order valence-corrected chi connectivity index (χ4v) is 5.68. The molecule has 0 amide bonds. The minimum Gasteiger partial charge on any atom is -0.496 e. The van der Waals surface area contributed by atoms with Crippen molar-refractivity contribution in [3.8, 4) is 5.75 Å². The lowest BCUT2D eigenvalue weighted by Gasteiger charge is -2.39. The van der Waals surface area contributed by atoms with Crippen molar-refractivity contribution in [3.05, 3.63) is 63.2 Å². The number of piperidine rings is 1. The number of rotatable bonds is 7. The standard InChI is InChI=1S/C27H36FN3O2/c1-17-14-26(33-5)24(27(32)29-17)11-10-22-19(3)31(25-9-7-6-8-23(22)25)18(2)20-12-13-30(4)21(15-20)16-28/h6-9,14,18,20-21H,10-13,15-16H2,1-5H3,(H,29,32). The normalized spacial score (nSPS) is 20.3. The summed E-state index contributed by atoms with van der Waals surface area (Å²) in [6, 6.07) is 10.7. The molecule has 0 bridgehead atoms. The molecule has 1 aliphatic heterocycles. The maximum atomic E-state index is 13.6. The molecule has 33 heavy (non-hydrogen) atoms. The number of hydrogen-bond donors (Lipinski definition) is 1. The first kappa shape index (κ1) is 23.6. The van der Waals surface area contributed by atoms with Gasteiger partial charge in [0.2, 0.25) is 0 Å². The molecule has 6 heteroatoms. The van der Waals surface area contributed by atoms with E-state index in [1.807, 2.05) is 20.0 Å². The molecule has 0 radical (unpaired) electrons. The summed E-state index contributed by atoms with van der Waals surface area (Å²) in [6.45, 7) is 6.98. The Morgan fingerprint density at radius 3 is 2.67 bits per heavy atom. The minimum absolute atomic E-state index is 0.00790. The fourth-order valence-electron chi connectivity index (χ4n) is 5.68. The van der Waals surface area contributed by atoms with Gasteiger partial charge in [-0.3, -0.25) is 4.79 Å². The number of hydrogen-bond acceptors (Lipinski definition) is 3. The minimum atomic E-state index is -0.288. The van der Waals surface area contributed by atoms with Crippen molar-refractivity contribution < 1.29 is 9.13 Å². The van der Waals surface area contributed by atoms with E-state index in [4.69, 9.17) is 4.74 Å². The Hall–Kier alpha value is -2.60. The number of benzene rings is 1. The average Bonchev–Trinajstić information content (AvgIpc) is 3.09. The molecule has 1 saturated heterocycles. The quantitative estimate of drug-likeness (QED) is 0.549. The number of H-pyrrole nitrogens is 1. The van der Waals surface area contributed by atoms with Gasteiger partial charge in [-0.2, -0.15) is 0 Å². The smallest absolute Gasteiger partial charge is 0.255 e.